The monoisotopic (exact) mass is 393 g/mol. The second-order valence-corrected chi connectivity index (χ2v) is 7.54. The molecule has 0 aromatic heterocycles. The Morgan fingerprint density at radius 2 is 1.92 bits per heavy atom. The van der Waals surface area contributed by atoms with Crippen LogP contribution in [0.5, 0.6) is 0 Å². The van der Waals surface area contributed by atoms with Gasteiger partial charge in [-0.2, -0.15) is 0 Å². The van der Waals surface area contributed by atoms with Gasteiger partial charge in [0.15, 0.2) is 0 Å². The summed E-state index contributed by atoms with van der Waals surface area (Å²) in [5.74, 6) is 0.191. The zero-order valence-corrected chi connectivity index (χ0v) is 15.6. The van der Waals surface area contributed by atoms with Crippen LogP contribution in [0.25, 0.3) is 0 Å². The number of nitrogens with zero attached hydrogens (tertiary/aromatic N) is 2. The Bertz CT molecular complexity index is 629. The van der Waals surface area contributed by atoms with Crippen LogP contribution in [0.1, 0.15) is 28.8 Å². The maximum absolute atomic E-state index is 12.9. The number of carbonyl (C=O) groups is 2. The van der Waals surface area contributed by atoms with Crippen molar-refractivity contribution in [2.75, 3.05) is 39.3 Å². The third kappa shape index (κ3) is 3.81. The van der Waals surface area contributed by atoms with Crippen molar-refractivity contribution in [1.29, 1.82) is 0 Å². The summed E-state index contributed by atoms with van der Waals surface area (Å²) in [5, 5.41) is 3.27. The van der Waals surface area contributed by atoms with E-state index in [4.69, 9.17) is 0 Å². The highest BCUT2D eigenvalue weighted by Gasteiger charge is 2.32. The van der Waals surface area contributed by atoms with Crippen molar-refractivity contribution in [3.05, 3.63) is 33.8 Å². The van der Waals surface area contributed by atoms with Crippen LogP contribution in [0.3, 0.4) is 0 Å². The van der Waals surface area contributed by atoms with Crippen molar-refractivity contribution in [2.24, 2.45) is 5.92 Å². The first-order chi connectivity index (χ1) is 11.6. The summed E-state index contributed by atoms with van der Waals surface area (Å²) in [6.07, 6.45) is 1.77. The average molecular weight is 394 g/mol. The molecule has 0 bridgehead atoms. The molecule has 1 N–H and O–H groups in total. The number of piperidine rings is 1. The van der Waals surface area contributed by atoms with Gasteiger partial charge in [-0.25, -0.2) is 0 Å². The number of carbonyl (C=O) groups excluding carboxylic acids is 2. The number of aryl methyl sites for hydroxylation is 1. The SMILES string of the molecule is Cc1cc(Br)ccc1C(=O)N1CCCC(C(=O)N2CCNCC2)C1. The minimum atomic E-state index is -0.0587. The Hall–Kier alpha value is -1.40. The average Bonchev–Trinajstić information content (AvgIpc) is 2.61. The second-order valence-electron chi connectivity index (χ2n) is 6.62. The molecule has 1 unspecified atom stereocenters. The molecule has 0 aliphatic carbocycles. The summed E-state index contributed by atoms with van der Waals surface area (Å²) in [6, 6.07) is 5.72. The van der Waals surface area contributed by atoms with Crippen molar-refractivity contribution < 1.29 is 9.59 Å². The Morgan fingerprint density at radius 3 is 2.62 bits per heavy atom. The lowest BCUT2D eigenvalue weighted by Gasteiger charge is -2.36. The second kappa shape index (κ2) is 7.66. The fourth-order valence-corrected chi connectivity index (χ4v) is 4.02. The number of halogens is 1. The van der Waals surface area contributed by atoms with E-state index in [1.165, 1.54) is 0 Å². The van der Waals surface area contributed by atoms with E-state index in [0.717, 1.165) is 61.2 Å². The molecule has 2 fully saturated rings. The van der Waals surface area contributed by atoms with Crippen LogP contribution in [-0.2, 0) is 4.79 Å². The molecule has 1 atom stereocenters. The van der Waals surface area contributed by atoms with E-state index in [0.29, 0.717) is 6.54 Å². The van der Waals surface area contributed by atoms with Crippen LogP contribution in [0, 0.1) is 12.8 Å². The van der Waals surface area contributed by atoms with Gasteiger partial charge in [0.25, 0.3) is 5.91 Å². The van der Waals surface area contributed by atoms with E-state index < -0.39 is 0 Å². The zero-order valence-electron chi connectivity index (χ0n) is 14.1. The molecule has 5 nitrogen and oxygen atoms in total. The van der Waals surface area contributed by atoms with Gasteiger partial charge in [-0.15, -0.1) is 0 Å². The first-order valence-corrected chi connectivity index (χ1v) is 9.40. The molecule has 6 heteroatoms. The largest absolute Gasteiger partial charge is 0.340 e. The first kappa shape index (κ1) is 17.4. The van der Waals surface area contributed by atoms with Crippen molar-refractivity contribution in [3.63, 3.8) is 0 Å². The predicted octanol–water partition coefficient (Wildman–Crippen LogP) is 2.04. The van der Waals surface area contributed by atoms with E-state index in [1.54, 1.807) is 0 Å². The molecule has 1 aromatic rings. The molecule has 0 saturated carbocycles. The molecule has 130 valence electrons. The van der Waals surface area contributed by atoms with Gasteiger partial charge in [0, 0.05) is 49.3 Å². The molecular formula is C18H24BrN3O2. The number of amides is 2. The highest BCUT2D eigenvalue weighted by molar-refractivity contribution is 9.10. The molecule has 2 heterocycles. The molecular weight excluding hydrogens is 370 g/mol. The van der Waals surface area contributed by atoms with Gasteiger partial charge in [-0.1, -0.05) is 15.9 Å². The van der Waals surface area contributed by atoms with Crippen molar-refractivity contribution in [1.82, 2.24) is 15.1 Å². The lowest BCUT2D eigenvalue weighted by molar-refractivity contribution is -0.137. The molecule has 24 heavy (non-hydrogen) atoms. The molecule has 2 aliphatic heterocycles. The van der Waals surface area contributed by atoms with Gasteiger partial charge in [0.05, 0.1) is 5.92 Å². The minimum absolute atomic E-state index is 0.0396. The van der Waals surface area contributed by atoms with E-state index >= 15 is 0 Å². The van der Waals surface area contributed by atoms with Crippen molar-refractivity contribution in [3.8, 4) is 0 Å². The Balaban J connectivity index is 1.68. The van der Waals surface area contributed by atoms with Gasteiger partial charge in [0.1, 0.15) is 0 Å². The van der Waals surface area contributed by atoms with E-state index in [1.807, 2.05) is 34.9 Å². The summed E-state index contributed by atoms with van der Waals surface area (Å²) in [4.78, 5) is 29.4. The standard InChI is InChI=1S/C18H24BrN3O2/c1-13-11-15(19)4-5-16(13)18(24)22-8-2-3-14(12-22)17(23)21-9-6-20-7-10-21/h4-5,11,14,20H,2-3,6-10,12H2,1H3. The zero-order chi connectivity index (χ0) is 17.1. The van der Waals surface area contributed by atoms with E-state index in [-0.39, 0.29) is 17.7 Å². The number of hydrogen-bond donors (Lipinski definition) is 1. The molecule has 2 aliphatic rings. The molecule has 1 aromatic carbocycles. The molecule has 2 amide bonds. The highest BCUT2D eigenvalue weighted by atomic mass is 79.9. The summed E-state index contributed by atoms with van der Waals surface area (Å²) >= 11 is 3.43. The summed E-state index contributed by atoms with van der Waals surface area (Å²) in [5.41, 5.74) is 1.69. The number of likely N-dealkylation sites (tertiary alicyclic amines) is 1. The van der Waals surface area contributed by atoms with E-state index in [2.05, 4.69) is 21.2 Å². The first-order valence-electron chi connectivity index (χ1n) is 8.61. The van der Waals surface area contributed by atoms with Gasteiger partial charge in [-0.05, 0) is 43.5 Å². The predicted molar refractivity (Wildman–Crippen MR) is 97.0 cm³/mol. The molecule has 3 rings (SSSR count). The van der Waals surface area contributed by atoms with Crippen molar-refractivity contribution >= 4 is 27.7 Å². The maximum atomic E-state index is 12.9. The van der Waals surface area contributed by atoms with Crippen LogP contribution in [0.15, 0.2) is 22.7 Å². The Labute approximate surface area is 151 Å². The van der Waals surface area contributed by atoms with Crippen LogP contribution in [-0.4, -0.2) is 60.9 Å². The molecule has 0 radical (unpaired) electrons. The topological polar surface area (TPSA) is 52.7 Å². The van der Waals surface area contributed by atoms with Crippen LogP contribution in [0.4, 0.5) is 0 Å². The van der Waals surface area contributed by atoms with Gasteiger partial charge >= 0.3 is 0 Å². The van der Waals surface area contributed by atoms with Gasteiger partial charge in [-0.3, -0.25) is 9.59 Å². The number of piperazine rings is 1. The smallest absolute Gasteiger partial charge is 0.254 e. The normalized spacial score (nSPS) is 21.7. The summed E-state index contributed by atoms with van der Waals surface area (Å²) in [7, 11) is 0. The maximum Gasteiger partial charge on any atom is 0.254 e. The minimum Gasteiger partial charge on any atom is -0.340 e. The molecule has 2 saturated heterocycles. The van der Waals surface area contributed by atoms with Crippen molar-refractivity contribution in [2.45, 2.75) is 19.8 Å². The number of nitrogens with one attached hydrogen (secondary N) is 1. The van der Waals surface area contributed by atoms with Gasteiger partial charge < -0.3 is 15.1 Å². The number of benzene rings is 1. The third-order valence-electron chi connectivity index (χ3n) is 4.91. The third-order valence-corrected chi connectivity index (χ3v) is 5.40. The molecule has 0 spiro atoms. The van der Waals surface area contributed by atoms with Crippen LogP contribution < -0.4 is 5.32 Å². The fraction of sp³-hybridized carbons (Fsp3) is 0.556. The number of rotatable bonds is 2. The van der Waals surface area contributed by atoms with Crippen LogP contribution in [0.2, 0.25) is 0 Å². The van der Waals surface area contributed by atoms with Crippen LogP contribution >= 0.6 is 15.9 Å². The Kier molecular flexibility index (Phi) is 5.56. The highest BCUT2D eigenvalue weighted by Crippen LogP contribution is 2.23. The van der Waals surface area contributed by atoms with E-state index in [9.17, 15) is 9.59 Å². The summed E-state index contributed by atoms with van der Waals surface area (Å²) in [6.45, 7) is 6.49. The lowest BCUT2D eigenvalue weighted by Crippen LogP contribution is -2.52. The quantitative estimate of drug-likeness (QED) is 0.836. The van der Waals surface area contributed by atoms with Gasteiger partial charge in [0.2, 0.25) is 5.91 Å². The Morgan fingerprint density at radius 1 is 1.17 bits per heavy atom. The number of hydrogen-bond acceptors (Lipinski definition) is 3. The fourth-order valence-electron chi connectivity index (χ4n) is 3.54. The summed E-state index contributed by atoms with van der Waals surface area (Å²) < 4.78 is 0.974. The lowest BCUT2D eigenvalue weighted by atomic mass is 9.95.